The van der Waals surface area contributed by atoms with E-state index in [-0.39, 0.29) is 70.0 Å². The van der Waals surface area contributed by atoms with Crippen molar-refractivity contribution < 1.29 is 52.9 Å². The number of rotatable bonds is 32. The van der Waals surface area contributed by atoms with Crippen LogP contribution in [0.3, 0.4) is 0 Å². The lowest BCUT2D eigenvalue weighted by atomic mass is 9.94. The van der Waals surface area contributed by atoms with E-state index in [1.165, 1.54) is 6.92 Å². The number of unbranched alkanes of at least 4 members (excludes halogenated alkanes) is 1. The first-order valence-corrected chi connectivity index (χ1v) is 23.3. The van der Waals surface area contributed by atoms with E-state index in [2.05, 4.69) is 36.9 Å². The molecule has 23 nitrogen and oxygen atoms in total. The molecule has 11 N–H and O–H groups in total. The number of hydrogen-bond acceptors (Lipinski definition) is 14. The Labute approximate surface area is 408 Å². The summed E-state index contributed by atoms with van der Waals surface area (Å²) in [5.74, 6) is -4.33. The molecule has 0 aliphatic carbocycles. The van der Waals surface area contributed by atoms with Crippen LogP contribution >= 0.6 is 0 Å². The lowest BCUT2D eigenvalue weighted by Crippen LogP contribution is -2.52. The number of hydrazine groups is 1. The molecular formula is C47H71N11O12. The minimum Gasteiger partial charge on any atom is -0.461 e. The number of ether oxygens (including phenoxy) is 2. The van der Waals surface area contributed by atoms with Gasteiger partial charge in [-0.3, -0.25) is 33.6 Å². The smallest absolute Gasteiger partial charge is 0.407 e. The average molecular weight is 982 g/mol. The fraction of sp³-hybridized carbons (Fsp3) is 0.553. The Bertz CT molecular complexity index is 2040. The van der Waals surface area contributed by atoms with Crippen molar-refractivity contribution in [1.29, 1.82) is 0 Å². The number of alkyl carbamates (subject to hydrolysis) is 1. The van der Waals surface area contributed by atoms with Gasteiger partial charge in [-0.1, -0.05) is 72.5 Å². The van der Waals surface area contributed by atoms with Gasteiger partial charge < -0.3 is 52.8 Å². The Morgan fingerprint density at radius 3 is 1.66 bits per heavy atom. The van der Waals surface area contributed by atoms with Crippen molar-refractivity contribution in [2.75, 3.05) is 13.1 Å². The molecule has 70 heavy (non-hydrogen) atoms. The molecule has 0 heterocycles. The molecule has 6 amide bonds. The lowest BCUT2D eigenvalue weighted by Gasteiger charge is -2.21. The number of carbonyl (C=O) groups excluding carboxylic acids is 8. The van der Waals surface area contributed by atoms with Gasteiger partial charge in [0.25, 0.3) is 5.96 Å². The highest BCUT2D eigenvalue weighted by atomic mass is 16.7. The molecule has 0 aliphatic heterocycles. The van der Waals surface area contributed by atoms with Crippen molar-refractivity contribution in [3.8, 4) is 0 Å². The van der Waals surface area contributed by atoms with Gasteiger partial charge in [0.05, 0.1) is 12.0 Å². The van der Waals surface area contributed by atoms with Gasteiger partial charge >= 0.3 is 12.1 Å². The zero-order valence-electron chi connectivity index (χ0n) is 40.7. The summed E-state index contributed by atoms with van der Waals surface area (Å²) in [6.45, 7) is 8.56. The molecule has 0 spiro atoms. The third kappa shape index (κ3) is 27.0. The largest absolute Gasteiger partial charge is 0.461 e. The van der Waals surface area contributed by atoms with Crippen molar-refractivity contribution in [3.05, 3.63) is 81.9 Å². The maximum Gasteiger partial charge on any atom is 0.407 e. The van der Waals surface area contributed by atoms with E-state index in [1.807, 2.05) is 60.7 Å². The number of nitro groups is 1. The van der Waals surface area contributed by atoms with Gasteiger partial charge in [-0.25, -0.2) is 19.9 Å². The number of Topliss-reactive ketones (excluding diaryl/α,β-unsaturated/α-hetero) is 1. The minimum absolute atomic E-state index is 0.0430. The highest BCUT2D eigenvalue weighted by Gasteiger charge is 2.26. The summed E-state index contributed by atoms with van der Waals surface area (Å²) < 4.78 is 10.8. The standard InChI is InChI=1S/C47H71N11O12/c1-30(23-38(59)27-37(45(65)69-28-35-15-8-6-9-16-35)19-12-13-21-51-47(66)70-29-36-17-10-7-11-18-36)52-40(60)24-31(2)53-41(61)25-32(3)54-42(62)26-33(4)55-43(63)34(5)56-44(64)39(48)20-14-22-50-46(49)57-58(67)68/h6-11,15-18,30-34,37,39H,12-14,19-29,48H2,1-5H3,(H,51,66)(H,52,60)(H,53,61)(H,54,62)(H,55,63)(H,56,64)(H3,49,50,57)/t30-,31+,32-,33+,34+,37-,39+/m1/s1. The summed E-state index contributed by atoms with van der Waals surface area (Å²) in [7, 11) is 0. The normalized spacial score (nSPS) is 14.1. The van der Waals surface area contributed by atoms with Crippen LogP contribution in [-0.4, -0.2) is 108 Å². The molecule has 0 radical (unpaired) electrons. The summed E-state index contributed by atoms with van der Waals surface area (Å²) in [5.41, 5.74) is 14.6. The van der Waals surface area contributed by atoms with Gasteiger partial charge in [-0.15, -0.1) is 0 Å². The Balaban J connectivity index is 1.72. The number of hydrogen-bond donors (Lipinski definition) is 9. The van der Waals surface area contributed by atoms with Crippen molar-refractivity contribution in [2.45, 2.75) is 148 Å². The highest BCUT2D eigenvalue weighted by molar-refractivity contribution is 5.90. The quantitative estimate of drug-likeness (QED) is 0.0126. The van der Waals surface area contributed by atoms with Gasteiger partial charge in [-0.05, 0) is 71.4 Å². The summed E-state index contributed by atoms with van der Waals surface area (Å²) in [6, 6.07) is 14.1. The number of carbonyl (C=O) groups is 8. The molecule has 23 heteroatoms. The van der Waals surface area contributed by atoms with E-state index in [9.17, 15) is 48.5 Å². The van der Waals surface area contributed by atoms with E-state index in [0.717, 1.165) is 11.1 Å². The molecule has 0 saturated heterocycles. The highest BCUT2D eigenvalue weighted by Crippen LogP contribution is 2.18. The number of nitrogens with two attached hydrogens (primary N) is 2. The molecular weight excluding hydrogens is 911 g/mol. The second-order valence-corrected chi connectivity index (χ2v) is 17.3. The summed E-state index contributed by atoms with van der Waals surface area (Å²) in [5, 5.41) is 25.5. The first kappa shape index (κ1) is 59.0. The van der Waals surface area contributed by atoms with Gasteiger partial charge in [0, 0.05) is 69.4 Å². The van der Waals surface area contributed by atoms with E-state index in [0.29, 0.717) is 32.2 Å². The predicted octanol–water partition coefficient (Wildman–Crippen LogP) is 1.69. The van der Waals surface area contributed by atoms with E-state index < -0.39 is 88.8 Å². The second-order valence-electron chi connectivity index (χ2n) is 17.3. The van der Waals surface area contributed by atoms with Gasteiger partial charge in [0.15, 0.2) is 5.03 Å². The fourth-order valence-corrected chi connectivity index (χ4v) is 6.89. The van der Waals surface area contributed by atoms with Crippen molar-refractivity contribution >= 4 is 53.3 Å². The summed E-state index contributed by atoms with van der Waals surface area (Å²) >= 11 is 0. The molecule has 2 aromatic rings. The first-order chi connectivity index (χ1) is 33.2. The summed E-state index contributed by atoms with van der Waals surface area (Å²) in [4.78, 5) is 116. The monoisotopic (exact) mass is 982 g/mol. The molecule has 2 rings (SSSR count). The van der Waals surface area contributed by atoms with Crippen LogP contribution in [0.5, 0.6) is 0 Å². The van der Waals surface area contributed by atoms with Crippen LogP contribution in [0.25, 0.3) is 0 Å². The van der Waals surface area contributed by atoms with E-state index in [1.54, 1.807) is 33.1 Å². The predicted molar refractivity (Wildman–Crippen MR) is 258 cm³/mol. The number of guanidine groups is 1. The number of amides is 6. The SMILES string of the molecule is C[C@H](CC(=O)C[C@@H](CCCCNC(=O)OCc1ccccc1)C(=O)OCc1ccccc1)NC(=O)C[C@H](C)NC(=O)C[C@@H](C)NC(=O)C[C@H](C)NC(=O)[C@H](C)NC(=O)[C@@H](N)CCCN=C(N)N[N+](=O)[O-]. The topological polar surface area (TPSA) is 347 Å². The minimum atomic E-state index is -0.983. The number of esters is 1. The number of benzene rings is 2. The van der Waals surface area contributed by atoms with Crippen molar-refractivity contribution in [1.82, 2.24) is 37.3 Å². The Morgan fingerprint density at radius 2 is 1.13 bits per heavy atom. The van der Waals surface area contributed by atoms with Crippen molar-refractivity contribution in [3.63, 3.8) is 0 Å². The molecule has 0 fully saturated rings. The molecule has 0 aliphatic rings. The van der Waals surface area contributed by atoms with E-state index >= 15 is 0 Å². The third-order valence-corrected chi connectivity index (χ3v) is 10.4. The Kier molecular flexibility index (Phi) is 27.4. The van der Waals surface area contributed by atoms with Crippen LogP contribution in [0.15, 0.2) is 65.7 Å². The van der Waals surface area contributed by atoms with Crippen LogP contribution in [0.2, 0.25) is 0 Å². The molecule has 7 atom stereocenters. The van der Waals surface area contributed by atoms with Crippen LogP contribution in [0.1, 0.15) is 110 Å². The maximum absolute atomic E-state index is 13.2. The molecule has 0 aromatic heterocycles. The summed E-state index contributed by atoms with van der Waals surface area (Å²) in [6.07, 6.45) is 0.833. The van der Waals surface area contributed by atoms with E-state index in [4.69, 9.17) is 20.9 Å². The number of nitrogens with one attached hydrogen (secondary N) is 7. The van der Waals surface area contributed by atoms with Crippen molar-refractivity contribution in [2.24, 2.45) is 22.4 Å². The number of ketones is 1. The first-order valence-electron chi connectivity index (χ1n) is 23.3. The molecule has 0 saturated carbocycles. The van der Waals surface area contributed by atoms with Gasteiger partial charge in [0.1, 0.15) is 25.0 Å². The zero-order chi connectivity index (χ0) is 52.0. The number of aliphatic imine (C=N–C) groups is 1. The Hall–Kier alpha value is -7.17. The molecule has 0 bridgehead atoms. The van der Waals surface area contributed by atoms with Crippen LogP contribution in [0, 0.1) is 16.0 Å². The van der Waals surface area contributed by atoms with Crippen LogP contribution in [-0.2, 0) is 56.2 Å². The van der Waals surface area contributed by atoms with Gasteiger partial charge in [0.2, 0.25) is 29.5 Å². The van der Waals surface area contributed by atoms with Gasteiger partial charge in [-0.2, -0.15) is 0 Å². The fourth-order valence-electron chi connectivity index (χ4n) is 6.89. The molecule has 386 valence electrons. The average Bonchev–Trinajstić information content (AvgIpc) is 3.28. The zero-order valence-corrected chi connectivity index (χ0v) is 40.7. The third-order valence-electron chi connectivity index (χ3n) is 10.4. The lowest BCUT2D eigenvalue weighted by molar-refractivity contribution is -0.525. The Morgan fingerprint density at radius 1 is 0.629 bits per heavy atom. The molecule has 0 unspecified atom stereocenters. The van der Waals surface area contributed by atoms with Crippen LogP contribution in [0.4, 0.5) is 4.79 Å². The van der Waals surface area contributed by atoms with Crippen LogP contribution < -0.4 is 48.8 Å². The molecule has 2 aromatic carbocycles. The maximum atomic E-state index is 13.2. The second kappa shape index (κ2) is 32.6. The number of nitrogens with zero attached hydrogens (tertiary/aromatic N) is 2.